The summed E-state index contributed by atoms with van der Waals surface area (Å²) in [5.74, 6) is -1.11. The van der Waals surface area contributed by atoms with Crippen molar-refractivity contribution in [3.05, 3.63) is 0 Å². The van der Waals surface area contributed by atoms with Crippen molar-refractivity contribution >= 4 is 23.0 Å². The minimum Gasteiger partial charge on any atom is -0.481 e. The molecule has 3 aliphatic carbocycles. The fourth-order valence-electron chi connectivity index (χ4n) is 5.39. The number of hydrogen-bond donors (Lipinski definition) is 2. The topological polar surface area (TPSA) is 101 Å². The zero-order chi connectivity index (χ0) is 18.7. The molecule has 26 heavy (non-hydrogen) atoms. The third kappa shape index (κ3) is 4.85. The third-order valence-electron chi connectivity index (χ3n) is 6.68. The molecule has 0 radical (unpaired) electrons. The summed E-state index contributed by atoms with van der Waals surface area (Å²) in [6.07, 6.45) is 8.74. The van der Waals surface area contributed by atoms with Crippen molar-refractivity contribution in [1.82, 2.24) is 0 Å². The first-order valence-corrected chi connectivity index (χ1v) is 11.2. The monoisotopic (exact) mass is 386 g/mol. The average molecular weight is 387 g/mol. The van der Waals surface area contributed by atoms with Crippen molar-refractivity contribution in [1.29, 1.82) is 0 Å². The molecule has 3 saturated carbocycles. The Labute approximate surface area is 157 Å². The van der Waals surface area contributed by atoms with Gasteiger partial charge in [-0.2, -0.15) is 0 Å². The van der Waals surface area contributed by atoms with Crippen LogP contribution < -0.4 is 0 Å². The van der Waals surface area contributed by atoms with Crippen LogP contribution in [-0.4, -0.2) is 38.2 Å². The second-order valence-electron chi connectivity index (χ2n) is 8.37. The van der Waals surface area contributed by atoms with E-state index in [1.165, 1.54) is 38.5 Å². The van der Waals surface area contributed by atoms with Gasteiger partial charge in [-0.05, 0) is 49.9 Å². The number of rotatable bonds is 6. The van der Waals surface area contributed by atoms with Crippen LogP contribution in [0.15, 0.2) is 0 Å². The highest BCUT2D eigenvalue weighted by molar-refractivity contribution is 7.80. The van der Waals surface area contributed by atoms with Crippen LogP contribution in [0.2, 0.25) is 0 Å². The summed E-state index contributed by atoms with van der Waals surface area (Å²) in [6, 6.07) is 0. The number of carbonyl (C=O) groups is 2. The Morgan fingerprint density at radius 1 is 0.885 bits per heavy atom. The Morgan fingerprint density at radius 3 is 2.15 bits per heavy atom. The standard InChI is InChI=1S/C19H30O6S/c20-18(21)14-8-15(19(22)23)10-16(9-14)25-26(24)11-13-6-3-5-12-4-1-2-7-17(12)13/h12-17H,1-11H2,(H,20,21)(H,22,23). The first-order valence-electron chi connectivity index (χ1n) is 9.95. The van der Waals surface area contributed by atoms with E-state index in [0.29, 0.717) is 17.6 Å². The zero-order valence-corrected chi connectivity index (χ0v) is 16.0. The lowest BCUT2D eigenvalue weighted by Gasteiger charge is -2.41. The summed E-state index contributed by atoms with van der Waals surface area (Å²) < 4.78 is 18.3. The molecule has 0 amide bonds. The van der Waals surface area contributed by atoms with Crippen LogP contribution in [0.3, 0.4) is 0 Å². The van der Waals surface area contributed by atoms with Gasteiger partial charge in [-0.1, -0.05) is 32.1 Å². The van der Waals surface area contributed by atoms with Gasteiger partial charge in [0, 0.05) is 0 Å². The Kier molecular flexibility index (Phi) is 6.72. The Balaban J connectivity index is 1.56. The quantitative estimate of drug-likeness (QED) is 0.727. The van der Waals surface area contributed by atoms with E-state index in [0.717, 1.165) is 12.3 Å². The van der Waals surface area contributed by atoms with Crippen LogP contribution >= 0.6 is 0 Å². The van der Waals surface area contributed by atoms with Gasteiger partial charge >= 0.3 is 11.9 Å². The van der Waals surface area contributed by atoms with Gasteiger partial charge in [0.2, 0.25) is 0 Å². The molecule has 0 aromatic heterocycles. The maximum absolute atomic E-state index is 12.6. The Bertz CT molecular complexity index is 526. The molecule has 0 bridgehead atoms. The van der Waals surface area contributed by atoms with Crippen LogP contribution in [0.1, 0.15) is 64.2 Å². The molecule has 0 spiro atoms. The van der Waals surface area contributed by atoms with Crippen LogP contribution in [0.25, 0.3) is 0 Å². The van der Waals surface area contributed by atoms with Crippen LogP contribution in [0.4, 0.5) is 0 Å². The largest absolute Gasteiger partial charge is 0.481 e. The lowest BCUT2D eigenvalue weighted by Crippen LogP contribution is -2.37. The van der Waals surface area contributed by atoms with E-state index in [-0.39, 0.29) is 19.3 Å². The molecular formula is C19H30O6S. The molecule has 7 heteroatoms. The number of aliphatic carboxylic acids is 2. The predicted octanol–water partition coefficient (Wildman–Crippen LogP) is 3.23. The van der Waals surface area contributed by atoms with Crippen molar-refractivity contribution in [2.75, 3.05) is 5.75 Å². The highest BCUT2D eigenvalue weighted by atomic mass is 32.2. The average Bonchev–Trinajstić information content (AvgIpc) is 2.61. The molecular weight excluding hydrogens is 356 g/mol. The molecule has 0 heterocycles. The molecule has 0 aromatic rings. The molecule has 3 fully saturated rings. The molecule has 6 nitrogen and oxygen atoms in total. The molecule has 3 aliphatic rings. The SMILES string of the molecule is O=C(O)C1CC(OS(=O)CC2CCCC3CCCCC32)CC(C(=O)O)C1. The summed E-state index contributed by atoms with van der Waals surface area (Å²) in [4.78, 5) is 22.6. The summed E-state index contributed by atoms with van der Waals surface area (Å²) in [7, 11) is 0. The van der Waals surface area contributed by atoms with Crippen molar-refractivity contribution in [3.63, 3.8) is 0 Å². The second-order valence-corrected chi connectivity index (χ2v) is 9.50. The van der Waals surface area contributed by atoms with E-state index in [1.807, 2.05) is 0 Å². The maximum Gasteiger partial charge on any atom is 0.306 e. The van der Waals surface area contributed by atoms with E-state index < -0.39 is 41.0 Å². The van der Waals surface area contributed by atoms with E-state index >= 15 is 0 Å². The van der Waals surface area contributed by atoms with Crippen LogP contribution in [-0.2, 0) is 24.9 Å². The van der Waals surface area contributed by atoms with Crippen molar-refractivity contribution in [3.8, 4) is 0 Å². The van der Waals surface area contributed by atoms with E-state index in [9.17, 15) is 24.0 Å². The van der Waals surface area contributed by atoms with Gasteiger partial charge in [0.15, 0.2) is 11.1 Å². The Morgan fingerprint density at radius 2 is 1.50 bits per heavy atom. The maximum atomic E-state index is 12.6. The van der Waals surface area contributed by atoms with Gasteiger partial charge in [0.1, 0.15) is 0 Å². The highest BCUT2D eigenvalue weighted by Crippen LogP contribution is 2.44. The second kappa shape index (κ2) is 8.83. The summed E-state index contributed by atoms with van der Waals surface area (Å²) >= 11 is -1.47. The zero-order valence-electron chi connectivity index (χ0n) is 15.2. The summed E-state index contributed by atoms with van der Waals surface area (Å²) in [5.41, 5.74) is 0. The van der Waals surface area contributed by atoms with Gasteiger partial charge < -0.3 is 10.2 Å². The molecule has 148 valence electrons. The van der Waals surface area contributed by atoms with E-state index in [4.69, 9.17) is 4.18 Å². The molecule has 6 atom stereocenters. The van der Waals surface area contributed by atoms with Gasteiger partial charge in [-0.25, -0.2) is 4.21 Å². The first kappa shape index (κ1) is 19.8. The number of carboxylic acid groups (broad SMARTS) is 2. The van der Waals surface area contributed by atoms with Crippen molar-refractivity contribution in [2.45, 2.75) is 70.3 Å². The molecule has 6 unspecified atom stereocenters. The molecule has 3 rings (SSSR count). The van der Waals surface area contributed by atoms with Crippen LogP contribution in [0.5, 0.6) is 0 Å². The molecule has 0 aromatic carbocycles. The lowest BCUT2D eigenvalue weighted by molar-refractivity contribution is -0.150. The first-order chi connectivity index (χ1) is 12.4. The minimum absolute atomic E-state index is 0.129. The predicted molar refractivity (Wildman–Crippen MR) is 96.8 cm³/mol. The van der Waals surface area contributed by atoms with Gasteiger partial charge in [-0.15, -0.1) is 0 Å². The van der Waals surface area contributed by atoms with Gasteiger partial charge in [0.05, 0.1) is 23.7 Å². The van der Waals surface area contributed by atoms with Crippen LogP contribution in [0, 0.1) is 29.6 Å². The Hall–Kier alpha value is -0.950. The fourth-order valence-corrected chi connectivity index (χ4v) is 6.70. The smallest absolute Gasteiger partial charge is 0.306 e. The van der Waals surface area contributed by atoms with Gasteiger partial charge in [0.25, 0.3) is 0 Å². The summed E-state index contributed by atoms with van der Waals surface area (Å²) in [5, 5.41) is 18.5. The molecule has 0 aliphatic heterocycles. The molecule has 2 N–H and O–H groups in total. The number of hydrogen-bond acceptors (Lipinski definition) is 4. The normalized spacial score (nSPS) is 38.9. The third-order valence-corrected chi connectivity index (χ3v) is 7.87. The van der Waals surface area contributed by atoms with Crippen molar-refractivity contribution < 1.29 is 28.2 Å². The lowest BCUT2D eigenvalue weighted by atomic mass is 9.66. The minimum atomic E-state index is -1.47. The number of fused-ring (bicyclic) bond motifs is 1. The van der Waals surface area contributed by atoms with Gasteiger partial charge in [-0.3, -0.25) is 13.8 Å². The molecule has 0 saturated heterocycles. The number of carboxylic acids is 2. The fraction of sp³-hybridized carbons (Fsp3) is 0.895. The highest BCUT2D eigenvalue weighted by Gasteiger charge is 2.39. The van der Waals surface area contributed by atoms with E-state index in [2.05, 4.69) is 0 Å². The summed E-state index contributed by atoms with van der Waals surface area (Å²) in [6.45, 7) is 0. The van der Waals surface area contributed by atoms with E-state index in [1.54, 1.807) is 0 Å². The van der Waals surface area contributed by atoms with Crippen molar-refractivity contribution in [2.24, 2.45) is 29.6 Å².